The van der Waals surface area contributed by atoms with Crippen LogP contribution in [-0.4, -0.2) is 42.4 Å². The number of hydrogen-bond acceptors (Lipinski definition) is 7. The Kier molecular flexibility index (Phi) is 6.24. The fourth-order valence-electron chi connectivity index (χ4n) is 4.22. The van der Waals surface area contributed by atoms with E-state index in [1.165, 1.54) is 25.2 Å². The molecule has 1 saturated carbocycles. The average Bonchev–Trinajstić information content (AvgIpc) is 3.55. The molecule has 4 rings (SSSR count). The fourth-order valence-corrected chi connectivity index (χ4v) is 4.22. The van der Waals surface area contributed by atoms with E-state index in [0.717, 1.165) is 35.1 Å². The molecule has 3 aromatic rings. The summed E-state index contributed by atoms with van der Waals surface area (Å²) in [7, 11) is 0. The van der Waals surface area contributed by atoms with Crippen LogP contribution in [0.3, 0.4) is 0 Å². The first-order valence-corrected chi connectivity index (χ1v) is 10.3. The quantitative estimate of drug-likeness (QED) is 0.249. The summed E-state index contributed by atoms with van der Waals surface area (Å²) in [5, 5.41) is 26.9. The zero-order valence-corrected chi connectivity index (χ0v) is 17.0. The van der Waals surface area contributed by atoms with Crippen molar-refractivity contribution in [3.8, 4) is 17.3 Å². The number of carbonyl (C=O) groups is 1. The maximum Gasteiger partial charge on any atom is 0.267 e. The zero-order valence-electron chi connectivity index (χ0n) is 17.0. The van der Waals surface area contributed by atoms with Crippen LogP contribution in [0.2, 0.25) is 0 Å². The second kappa shape index (κ2) is 9.40. The van der Waals surface area contributed by atoms with E-state index < -0.39 is 5.91 Å². The molecule has 1 fully saturated rings. The highest BCUT2D eigenvalue weighted by atomic mass is 16.5. The number of fused-ring (bicyclic) bond motifs is 1. The molecule has 0 aliphatic heterocycles. The van der Waals surface area contributed by atoms with Crippen LogP contribution in [0.5, 0.6) is 0 Å². The Bertz CT molecular complexity index is 1120. The van der Waals surface area contributed by atoms with Crippen LogP contribution in [0, 0.1) is 17.2 Å². The molecule has 31 heavy (non-hydrogen) atoms. The Morgan fingerprint density at radius 1 is 1.42 bits per heavy atom. The van der Waals surface area contributed by atoms with Crippen LogP contribution < -0.4 is 10.8 Å². The van der Waals surface area contributed by atoms with Crippen molar-refractivity contribution in [3.63, 3.8) is 0 Å². The molecular formula is C21H24N8O2. The summed E-state index contributed by atoms with van der Waals surface area (Å²) in [4.78, 5) is 23.0. The van der Waals surface area contributed by atoms with Crippen molar-refractivity contribution in [1.29, 1.82) is 5.26 Å². The van der Waals surface area contributed by atoms with Crippen molar-refractivity contribution in [1.82, 2.24) is 30.2 Å². The number of hydroxylamine groups is 1. The molecule has 4 N–H and O–H groups in total. The first kappa shape index (κ1) is 20.6. The summed E-state index contributed by atoms with van der Waals surface area (Å²) in [6.07, 6.45) is 13.0. The minimum Gasteiger partial charge on any atom is -0.365 e. The van der Waals surface area contributed by atoms with E-state index in [0.29, 0.717) is 24.7 Å². The molecule has 10 heteroatoms. The first-order valence-electron chi connectivity index (χ1n) is 10.3. The Balaban J connectivity index is 1.71. The highest BCUT2D eigenvalue weighted by Crippen LogP contribution is 2.38. The Morgan fingerprint density at radius 2 is 2.26 bits per heavy atom. The largest absolute Gasteiger partial charge is 0.365 e. The highest BCUT2D eigenvalue weighted by Gasteiger charge is 2.28. The molecule has 160 valence electrons. The SMILES string of the molecule is N#CCC(C1CCCC1)n1cc(-c2ncnc3[nH]ccc23)c(NC/C=C/C(=O)NO)n1. The number of nitriles is 1. The molecule has 0 saturated heterocycles. The third kappa shape index (κ3) is 4.41. The van der Waals surface area contributed by atoms with Gasteiger partial charge < -0.3 is 10.3 Å². The lowest BCUT2D eigenvalue weighted by Gasteiger charge is -2.21. The van der Waals surface area contributed by atoms with Gasteiger partial charge in [-0.3, -0.25) is 14.7 Å². The van der Waals surface area contributed by atoms with Gasteiger partial charge in [0.1, 0.15) is 12.0 Å². The molecule has 1 aliphatic carbocycles. The number of nitrogens with one attached hydrogen (secondary N) is 3. The number of H-pyrrole nitrogens is 1. The topological polar surface area (TPSA) is 145 Å². The standard InChI is InChI=1S/C21H24N8O2/c22-9-7-17(14-4-1-2-5-14)29-12-16(19-15-8-11-24-20(15)26-13-25-19)21(27-29)23-10-3-6-18(30)28-31/h3,6,8,11-14,17,31H,1-2,4-5,7,10H2,(H,23,27)(H,28,30)(H,24,25,26)/b6-3+. The molecule has 10 nitrogen and oxygen atoms in total. The van der Waals surface area contributed by atoms with Gasteiger partial charge in [-0.1, -0.05) is 18.9 Å². The second-order valence-corrected chi connectivity index (χ2v) is 7.57. The van der Waals surface area contributed by atoms with Gasteiger partial charge >= 0.3 is 0 Å². The van der Waals surface area contributed by atoms with Crippen LogP contribution in [0.4, 0.5) is 5.82 Å². The number of aromatic amines is 1. The van der Waals surface area contributed by atoms with Gasteiger partial charge in [0, 0.05) is 30.4 Å². The summed E-state index contributed by atoms with van der Waals surface area (Å²) in [6, 6.07) is 4.24. The van der Waals surface area contributed by atoms with Crippen molar-refractivity contribution < 1.29 is 10.0 Å². The lowest BCUT2D eigenvalue weighted by molar-refractivity contribution is -0.124. The van der Waals surface area contributed by atoms with Crippen LogP contribution >= 0.6 is 0 Å². The van der Waals surface area contributed by atoms with Gasteiger partial charge in [-0.15, -0.1) is 0 Å². The molecule has 3 heterocycles. The molecule has 0 spiro atoms. The van der Waals surface area contributed by atoms with E-state index in [1.807, 2.05) is 23.1 Å². The lowest BCUT2D eigenvalue weighted by Crippen LogP contribution is -2.18. The van der Waals surface area contributed by atoms with Crippen LogP contribution in [-0.2, 0) is 4.79 Å². The third-order valence-corrected chi connectivity index (χ3v) is 5.69. The molecule has 3 aromatic heterocycles. The normalized spacial score (nSPS) is 15.4. The van der Waals surface area contributed by atoms with Crippen molar-refractivity contribution in [2.24, 2.45) is 5.92 Å². The van der Waals surface area contributed by atoms with E-state index >= 15 is 0 Å². The Morgan fingerprint density at radius 3 is 3.03 bits per heavy atom. The van der Waals surface area contributed by atoms with Gasteiger partial charge in [-0.2, -0.15) is 10.4 Å². The number of nitrogens with zero attached hydrogens (tertiary/aromatic N) is 5. The highest BCUT2D eigenvalue weighted by molar-refractivity contribution is 5.93. The average molecular weight is 420 g/mol. The summed E-state index contributed by atoms with van der Waals surface area (Å²) in [5.74, 6) is 0.426. The monoisotopic (exact) mass is 420 g/mol. The molecule has 1 aliphatic rings. The van der Waals surface area contributed by atoms with Gasteiger partial charge in [0.25, 0.3) is 5.91 Å². The summed E-state index contributed by atoms with van der Waals surface area (Å²) >= 11 is 0. The number of rotatable bonds is 8. The predicted molar refractivity (Wildman–Crippen MR) is 114 cm³/mol. The van der Waals surface area contributed by atoms with Gasteiger partial charge in [0.15, 0.2) is 5.82 Å². The van der Waals surface area contributed by atoms with E-state index in [-0.39, 0.29) is 6.04 Å². The van der Waals surface area contributed by atoms with Crippen molar-refractivity contribution in [2.75, 3.05) is 11.9 Å². The van der Waals surface area contributed by atoms with Crippen molar-refractivity contribution in [3.05, 3.63) is 36.9 Å². The zero-order chi connectivity index (χ0) is 21.6. The number of aromatic nitrogens is 5. The summed E-state index contributed by atoms with van der Waals surface area (Å²) in [5.41, 5.74) is 3.82. The second-order valence-electron chi connectivity index (χ2n) is 7.57. The van der Waals surface area contributed by atoms with Crippen molar-refractivity contribution in [2.45, 2.75) is 38.1 Å². The molecule has 0 aromatic carbocycles. The van der Waals surface area contributed by atoms with Crippen molar-refractivity contribution >= 4 is 22.8 Å². The van der Waals surface area contributed by atoms with E-state index in [9.17, 15) is 10.1 Å². The first-order chi connectivity index (χ1) is 15.2. The van der Waals surface area contributed by atoms with Crippen LogP contribution in [0.25, 0.3) is 22.3 Å². The molecule has 1 atom stereocenters. The van der Waals surface area contributed by atoms with Gasteiger partial charge in [-0.05, 0) is 24.8 Å². The van der Waals surface area contributed by atoms with Crippen LogP contribution in [0.15, 0.2) is 36.9 Å². The number of carbonyl (C=O) groups excluding carboxylic acids is 1. The van der Waals surface area contributed by atoms with Gasteiger partial charge in [0.05, 0.1) is 29.8 Å². The summed E-state index contributed by atoms with van der Waals surface area (Å²) < 4.78 is 1.89. The summed E-state index contributed by atoms with van der Waals surface area (Å²) in [6.45, 7) is 0.325. The molecule has 1 unspecified atom stereocenters. The fraction of sp³-hybridized carbons (Fsp3) is 0.381. The molecular weight excluding hydrogens is 396 g/mol. The van der Waals surface area contributed by atoms with Gasteiger partial charge in [-0.25, -0.2) is 15.4 Å². The molecule has 0 bridgehead atoms. The van der Waals surface area contributed by atoms with Crippen LogP contribution in [0.1, 0.15) is 38.1 Å². The van der Waals surface area contributed by atoms with E-state index in [1.54, 1.807) is 11.6 Å². The number of anilines is 1. The number of amides is 1. The van der Waals surface area contributed by atoms with Gasteiger partial charge in [0.2, 0.25) is 0 Å². The molecule has 0 radical (unpaired) electrons. The predicted octanol–water partition coefficient (Wildman–Crippen LogP) is 2.94. The lowest BCUT2D eigenvalue weighted by atomic mass is 9.96. The maximum atomic E-state index is 11.2. The third-order valence-electron chi connectivity index (χ3n) is 5.69. The maximum absolute atomic E-state index is 11.2. The minimum absolute atomic E-state index is 0.000983. The van der Waals surface area contributed by atoms with E-state index in [2.05, 4.69) is 26.3 Å². The van der Waals surface area contributed by atoms with E-state index in [4.69, 9.17) is 10.3 Å². The molecule has 1 amide bonds. The number of hydrogen-bond donors (Lipinski definition) is 4. The minimum atomic E-state index is -0.604. The smallest absolute Gasteiger partial charge is 0.267 e. The Labute approximate surface area is 179 Å². The Hall–Kier alpha value is -3.71.